The highest BCUT2D eigenvalue weighted by atomic mass is 16.3. The Morgan fingerprint density at radius 3 is 2.62 bits per heavy atom. The van der Waals surface area contributed by atoms with Gasteiger partial charge in [0.25, 0.3) is 5.91 Å². The van der Waals surface area contributed by atoms with Crippen LogP contribution < -0.4 is 5.32 Å². The molecule has 110 valence electrons. The normalized spacial score (nSPS) is 16.8. The van der Waals surface area contributed by atoms with Gasteiger partial charge in [-0.05, 0) is 25.0 Å². The number of rotatable bonds is 4. The van der Waals surface area contributed by atoms with Crippen LogP contribution in [0.15, 0.2) is 30.6 Å². The number of aliphatic hydroxyl groups is 1. The number of carbonyl (C=O) groups is 1. The topological polar surface area (TPSA) is 90.9 Å². The minimum Gasteiger partial charge on any atom is -0.388 e. The fourth-order valence-corrected chi connectivity index (χ4v) is 2.68. The first-order valence-electron chi connectivity index (χ1n) is 7.13. The predicted molar refractivity (Wildman–Crippen MR) is 77.6 cm³/mol. The van der Waals surface area contributed by atoms with Gasteiger partial charge in [0.15, 0.2) is 5.82 Å². The van der Waals surface area contributed by atoms with E-state index in [4.69, 9.17) is 0 Å². The number of nitrogens with zero attached hydrogens (tertiary/aromatic N) is 2. The van der Waals surface area contributed by atoms with Crippen molar-refractivity contribution in [2.75, 3.05) is 6.54 Å². The lowest BCUT2D eigenvalue weighted by atomic mass is 10.0. The quantitative estimate of drug-likeness (QED) is 0.794. The number of nitrogens with one attached hydrogen (secondary N) is 2. The van der Waals surface area contributed by atoms with E-state index in [-0.39, 0.29) is 5.91 Å². The van der Waals surface area contributed by atoms with Crippen LogP contribution in [0.4, 0.5) is 0 Å². The SMILES string of the molecule is O=C(NCC1(O)CCCC1)c1ccc(-c2ncn[nH]2)cc1. The van der Waals surface area contributed by atoms with E-state index in [1.54, 1.807) is 12.1 Å². The lowest BCUT2D eigenvalue weighted by Gasteiger charge is -2.22. The summed E-state index contributed by atoms with van der Waals surface area (Å²) in [5.74, 6) is 0.502. The molecule has 0 saturated heterocycles. The molecule has 6 nitrogen and oxygen atoms in total. The van der Waals surface area contributed by atoms with Crippen LogP contribution in [0.5, 0.6) is 0 Å². The summed E-state index contributed by atoms with van der Waals surface area (Å²) >= 11 is 0. The van der Waals surface area contributed by atoms with Crippen molar-refractivity contribution < 1.29 is 9.90 Å². The van der Waals surface area contributed by atoms with Crippen molar-refractivity contribution in [3.8, 4) is 11.4 Å². The van der Waals surface area contributed by atoms with Crippen LogP contribution in [0.3, 0.4) is 0 Å². The molecule has 3 N–H and O–H groups in total. The standard InChI is InChI=1S/C15H18N4O2/c20-14(16-9-15(21)7-1-2-8-15)12-5-3-11(4-6-12)13-17-10-18-19-13/h3-6,10,21H,1-2,7-9H2,(H,16,20)(H,17,18,19). The van der Waals surface area contributed by atoms with Crippen molar-refractivity contribution in [1.82, 2.24) is 20.5 Å². The molecular weight excluding hydrogens is 268 g/mol. The Kier molecular flexibility index (Phi) is 3.70. The molecule has 0 atom stereocenters. The van der Waals surface area contributed by atoms with Crippen LogP contribution in [0.2, 0.25) is 0 Å². The van der Waals surface area contributed by atoms with Gasteiger partial charge in [0.05, 0.1) is 5.60 Å². The van der Waals surface area contributed by atoms with Gasteiger partial charge in [-0.2, -0.15) is 5.10 Å². The van der Waals surface area contributed by atoms with E-state index in [0.29, 0.717) is 17.9 Å². The molecule has 0 unspecified atom stereocenters. The van der Waals surface area contributed by atoms with Crippen LogP contribution in [0, 0.1) is 0 Å². The molecule has 0 spiro atoms. The van der Waals surface area contributed by atoms with E-state index in [2.05, 4.69) is 20.5 Å². The first kappa shape index (κ1) is 13.8. The number of aromatic nitrogens is 3. The molecule has 1 aliphatic carbocycles. The van der Waals surface area contributed by atoms with Crippen molar-refractivity contribution in [1.29, 1.82) is 0 Å². The first-order chi connectivity index (χ1) is 10.2. The monoisotopic (exact) mass is 286 g/mol. The lowest BCUT2D eigenvalue weighted by molar-refractivity contribution is 0.0449. The molecule has 0 radical (unpaired) electrons. The zero-order valence-electron chi connectivity index (χ0n) is 11.7. The molecule has 1 amide bonds. The number of amides is 1. The highest BCUT2D eigenvalue weighted by molar-refractivity contribution is 5.94. The minimum atomic E-state index is -0.727. The van der Waals surface area contributed by atoms with E-state index >= 15 is 0 Å². The van der Waals surface area contributed by atoms with Crippen molar-refractivity contribution in [3.05, 3.63) is 36.2 Å². The molecule has 3 rings (SSSR count). The van der Waals surface area contributed by atoms with E-state index in [9.17, 15) is 9.90 Å². The predicted octanol–water partition coefficient (Wildman–Crippen LogP) is 1.51. The highest BCUT2D eigenvalue weighted by Gasteiger charge is 2.31. The molecule has 21 heavy (non-hydrogen) atoms. The van der Waals surface area contributed by atoms with E-state index < -0.39 is 5.60 Å². The molecular formula is C15H18N4O2. The number of hydrogen-bond acceptors (Lipinski definition) is 4. The van der Waals surface area contributed by atoms with Crippen LogP contribution in [-0.2, 0) is 0 Å². The van der Waals surface area contributed by atoms with E-state index in [1.807, 2.05) is 12.1 Å². The zero-order valence-corrected chi connectivity index (χ0v) is 11.7. The van der Waals surface area contributed by atoms with Crippen molar-refractivity contribution >= 4 is 5.91 Å². The summed E-state index contributed by atoms with van der Waals surface area (Å²) in [7, 11) is 0. The molecule has 1 saturated carbocycles. The Labute approximate surface area is 122 Å². The largest absolute Gasteiger partial charge is 0.388 e. The van der Waals surface area contributed by atoms with Gasteiger partial charge >= 0.3 is 0 Å². The van der Waals surface area contributed by atoms with Crippen LogP contribution in [0.25, 0.3) is 11.4 Å². The Morgan fingerprint density at radius 2 is 2.00 bits per heavy atom. The molecule has 2 aromatic rings. The van der Waals surface area contributed by atoms with Crippen LogP contribution in [0.1, 0.15) is 36.0 Å². The molecule has 1 aromatic heterocycles. The number of carbonyl (C=O) groups excluding carboxylic acids is 1. The molecule has 1 fully saturated rings. The van der Waals surface area contributed by atoms with Gasteiger partial charge < -0.3 is 10.4 Å². The minimum absolute atomic E-state index is 0.167. The van der Waals surface area contributed by atoms with Crippen molar-refractivity contribution in [2.24, 2.45) is 0 Å². The third-order valence-corrected chi connectivity index (χ3v) is 3.95. The van der Waals surface area contributed by atoms with Crippen molar-refractivity contribution in [2.45, 2.75) is 31.3 Å². The van der Waals surface area contributed by atoms with Gasteiger partial charge in [0.1, 0.15) is 6.33 Å². The Hall–Kier alpha value is -2.21. The Bertz CT molecular complexity index is 601. The molecule has 1 heterocycles. The maximum atomic E-state index is 12.1. The summed E-state index contributed by atoms with van der Waals surface area (Å²) in [6, 6.07) is 7.12. The number of benzene rings is 1. The first-order valence-corrected chi connectivity index (χ1v) is 7.13. The molecule has 0 bridgehead atoms. The van der Waals surface area contributed by atoms with Crippen LogP contribution >= 0.6 is 0 Å². The number of H-pyrrole nitrogens is 1. The summed E-state index contributed by atoms with van der Waals surface area (Å²) in [4.78, 5) is 16.1. The fraction of sp³-hybridized carbons (Fsp3) is 0.400. The molecule has 0 aliphatic heterocycles. The van der Waals surface area contributed by atoms with Gasteiger partial charge in [-0.15, -0.1) is 0 Å². The van der Waals surface area contributed by atoms with E-state index in [1.165, 1.54) is 6.33 Å². The molecule has 1 aromatic carbocycles. The second-order valence-electron chi connectivity index (χ2n) is 5.53. The third-order valence-electron chi connectivity index (χ3n) is 3.95. The van der Waals surface area contributed by atoms with Crippen molar-refractivity contribution in [3.63, 3.8) is 0 Å². The van der Waals surface area contributed by atoms with Gasteiger partial charge in [-0.25, -0.2) is 4.98 Å². The smallest absolute Gasteiger partial charge is 0.251 e. The Balaban J connectivity index is 1.62. The van der Waals surface area contributed by atoms with Gasteiger partial charge in [-0.3, -0.25) is 9.89 Å². The average molecular weight is 286 g/mol. The average Bonchev–Trinajstić information content (AvgIpc) is 3.17. The zero-order chi connectivity index (χ0) is 14.7. The van der Waals surface area contributed by atoms with Crippen LogP contribution in [-0.4, -0.2) is 38.3 Å². The number of aromatic amines is 1. The number of hydrogen-bond donors (Lipinski definition) is 3. The second kappa shape index (κ2) is 5.65. The summed E-state index contributed by atoms with van der Waals surface area (Å²) in [6.45, 7) is 0.315. The summed E-state index contributed by atoms with van der Waals surface area (Å²) < 4.78 is 0. The Morgan fingerprint density at radius 1 is 1.29 bits per heavy atom. The summed E-state index contributed by atoms with van der Waals surface area (Å²) in [5.41, 5.74) is 0.716. The summed E-state index contributed by atoms with van der Waals surface area (Å²) in [5, 5.41) is 19.6. The maximum Gasteiger partial charge on any atom is 0.251 e. The maximum absolute atomic E-state index is 12.1. The fourth-order valence-electron chi connectivity index (χ4n) is 2.68. The van der Waals surface area contributed by atoms with Gasteiger partial charge in [0.2, 0.25) is 0 Å². The van der Waals surface area contributed by atoms with Gasteiger partial charge in [0, 0.05) is 17.7 Å². The molecule has 6 heteroatoms. The highest BCUT2D eigenvalue weighted by Crippen LogP contribution is 2.28. The van der Waals surface area contributed by atoms with Gasteiger partial charge in [-0.1, -0.05) is 25.0 Å². The summed E-state index contributed by atoms with van der Waals surface area (Å²) in [6.07, 6.45) is 5.02. The van der Waals surface area contributed by atoms with E-state index in [0.717, 1.165) is 31.2 Å². The second-order valence-corrected chi connectivity index (χ2v) is 5.53. The lowest BCUT2D eigenvalue weighted by Crippen LogP contribution is -2.40. The molecule has 1 aliphatic rings. The third kappa shape index (κ3) is 3.11.